The number of rotatable bonds is 2. The highest BCUT2D eigenvalue weighted by atomic mass is 79.9. The van der Waals surface area contributed by atoms with E-state index in [4.69, 9.17) is 5.11 Å². The fourth-order valence-corrected chi connectivity index (χ4v) is 2.99. The first-order valence-corrected chi connectivity index (χ1v) is 6.08. The summed E-state index contributed by atoms with van der Waals surface area (Å²) in [6, 6.07) is 6.08. The maximum absolute atomic E-state index is 11.1. The Labute approximate surface area is 103 Å². The number of carboxylic acid groups (broad SMARTS) is 1. The average molecular weight is 284 g/mol. The van der Waals surface area contributed by atoms with E-state index in [1.54, 1.807) is 0 Å². The Kier molecular flexibility index (Phi) is 3.30. The molecule has 2 rings (SSSR count). The minimum Gasteiger partial charge on any atom is -0.481 e. The van der Waals surface area contributed by atoms with Crippen molar-refractivity contribution in [2.75, 3.05) is 13.1 Å². The normalized spacial score (nSPS) is 24.6. The molecule has 2 unspecified atom stereocenters. The van der Waals surface area contributed by atoms with Crippen molar-refractivity contribution >= 4 is 21.9 Å². The molecule has 1 fully saturated rings. The number of hydrogen-bond donors (Lipinski definition) is 2. The lowest BCUT2D eigenvalue weighted by Gasteiger charge is -2.17. The second-order valence-corrected chi connectivity index (χ2v) is 5.09. The van der Waals surface area contributed by atoms with E-state index in [0.717, 1.165) is 16.6 Å². The molecule has 0 aromatic heterocycles. The predicted molar refractivity (Wildman–Crippen MR) is 65.6 cm³/mol. The molecule has 1 heterocycles. The van der Waals surface area contributed by atoms with Gasteiger partial charge in [0.15, 0.2) is 0 Å². The lowest BCUT2D eigenvalue weighted by molar-refractivity contribution is -0.141. The third-order valence-electron chi connectivity index (χ3n) is 3.09. The number of nitrogens with one attached hydrogen (secondary N) is 1. The smallest absolute Gasteiger partial charge is 0.308 e. The number of carboxylic acids is 1. The van der Waals surface area contributed by atoms with Crippen molar-refractivity contribution in [3.05, 3.63) is 33.8 Å². The van der Waals surface area contributed by atoms with Crippen LogP contribution in [-0.4, -0.2) is 24.2 Å². The van der Waals surface area contributed by atoms with Crippen LogP contribution in [0.25, 0.3) is 0 Å². The standard InChI is InChI=1S/C12H14BrNO2/c1-7-2-3-8(11(13)4-7)9-5-14-6-10(9)12(15)16/h2-4,9-10,14H,5-6H2,1H3,(H,15,16). The lowest BCUT2D eigenvalue weighted by Crippen LogP contribution is -2.21. The monoisotopic (exact) mass is 283 g/mol. The first-order chi connectivity index (χ1) is 7.59. The molecule has 4 heteroatoms. The first kappa shape index (κ1) is 11.6. The molecule has 0 saturated carbocycles. The van der Waals surface area contributed by atoms with E-state index >= 15 is 0 Å². The van der Waals surface area contributed by atoms with Gasteiger partial charge in [0, 0.05) is 23.5 Å². The number of halogens is 1. The maximum Gasteiger partial charge on any atom is 0.308 e. The summed E-state index contributed by atoms with van der Waals surface area (Å²) in [5.41, 5.74) is 2.26. The van der Waals surface area contributed by atoms with Gasteiger partial charge in [-0.25, -0.2) is 0 Å². The zero-order chi connectivity index (χ0) is 11.7. The van der Waals surface area contributed by atoms with E-state index in [0.29, 0.717) is 6.54 Å². The van der Waals surface area contributed by atoms with Crippen LogP contribution in [0.2, 0.25) is 0 Å². The van der Waals surface area contributed by atoms with Gasteiger partial charge in [-0.2, -0.15) is 0 Å². The molecule has 1 aliphatic heterocycles. The Morgan fingerprint density at radius 1 is 1.50 bits per heavy atom. The van der Waals surface area contributed by atoms with Crippen LogP contribution >= 0.6 is 15.9 Å². The topological polar surface area (TPSA) is 49.3 Å². The van der Waals surface area contributed by atoms with Gasteiger partial charge < -0.3 is 10.4 Å². The highest BCUT2D eigenvalue weighted by Crippen LogP contribution is 2.33. The maximum atomic E-state index is 11.1. The molecule has 16 heavy (non-hydrogen) atoms. The van der Waals surface area contributed by atoms with Crippen molar-refractivity contribution in [1.29, 1.82) is 0 Å². The zero-order valence-electron chi connectivity index (χ0n) is 9.03. The molecule has 1 aliphatic rings. The molecule has 0 amide bonds. The lowest BCUT2D eigenvalue weighted by atomic mass is 9.88. The fourth-order valence-electron chi connectivity index (χ4n) is 2.20. The van der Waals surface area contributed by atoms with Crippen LogP contribution in [-0.2, 0) is 4.79 Å². The van der Waals surface area contributed by atoms with Crippen LogP contribution < -0.4 is 5.32 Å². The summed E-state index contributed by atoms with van der Waals surface area (Å²) in [7, 11) is 0. The van der Waals surface area contributed by atoms with E-state index in [9.17, 15) is 4.79 Å². The molecule has 1 saturated heterocycles. The molecule has 0 radical (unpaired) electrons. The molecule has 1 aromatic carbocycles. The molecule has 0 bridgehead atoms. The highest BCUT2D eigenvalue weighted by molar-refractivity contribution is 9.10. The van der Waals surface area contributed by atoms with Crippen LogP contribution in [0.3, 0.4) is 0 Å². The number of carbonyl (C=O) groups is 1. The Hall–Kier alpha value is -0.870. The summed E-state index contributed by atoms with van der Waals surface area (Å²) in [4.78, 5) is 11.1. The molecule has 2 N–H and O–H groups in total. The van der Waals surface area contributed by atoms with Crippen molar-refractivity contribution in [2.45, 2.75) is 12.8 Å². The van der Waals surface area contributed by atoms with Gasteiger partial charge in [-0.15, -0.1) is 0 Å². The second kappa shape index (κ2) is 4.55. The molecular formula is C12H14BrNO2. The SMILES string of the molecule is Cc1ccc(C2CNCC2C(=O)O)c(Br)c1. The van der Waals surface area contributed by atoms with Crippen LogP contribution in [0.1, 0.15) is 17.0 Å². The number of benzene rings is 1. The number of aryl methyl sites for hydroxylation is 1. The number of hydrogen-bond acceptors (Lipinski definition) is 2. The van der Waals surface area contributed by atoms with Gasteiger partial charge in [0.25, 0.3) is 0 Å². The zero-order valence-corrected chi connectivity index (χ0v) is 10.6. The van der Waals surface area contributed by atoms with E-state index < -0.39 is 5.97 Å². The quantitative estimate of drug-likeness (QED) is 0.874. The Morgan fingerprint density at radius 3 is 2.88 bits per heavy atom. The fraction of sp³-hybridized carbons (Fsp3) is 0.417. The van der Waals surface area contributed by atoms with Crippen LogP contribution in [0.15, 0.2) is 22.7 Å². The Morgan fingerprint density at radius 2 is 2.25 bits per heavy atom. The molecule has 2 atom stereocenters. The highest BCUT2D eigenvalue weighted by Gasteiger charge is 2.34. The van der Waals surface area contributed by atoms with Crippen LogP contribution in [0.4, 0.5) is 0 Å². The van der Waals surface area contributed by atoms with Gasteiger partial charge in [0.05, 0.1) is 5.92 Å². The first-order valence-electron chi connectivity index (χ1n) is 5.29. The van der Waals surface area contributed by atoms with Crippen molar-refractivity contribution in [2.24, 2.45) is 5.92 Å². The van der Waals surface area contributed by atoms with Crippen LogP contribution in [0.5, 0.6) is 0 Å². The third kappa shape index (κ3) is 2.13. The predicted octanol–water partition coefficient (Wildman–Crippen LogP) is 2.15. The summed E-state index contributed by atoms with van der Waals surface area (Å²) in [6.45, 7) is 3.31. The van der Waals surface area contributed by atoms with Gasteiger partial charge >= 0.3 is 5.97 Å². The molecule has 0 aliphatic carbocycles. The van der Waals surface area contributed by atoms with Crippen LogP contribution in [0, 0.1) is 12.8 Å². The molecule has 3 nitrogen and oxygen atoms in total. The molecule has 1 aromatic rings. The Balaban J connectivity index is 2.32. The second-order valence-electron chi connectivity index (χ2n) is 4.23. The summed E-state index contributed by atoms with van der Waals surface area (Å²) in [5.74, 6) is -0.978. The minimum atomic E-state index is -0.720. The summed E-state index contributed by atoms with van der Waals surface area (Å²) < 4.78 is 1.01. The van der Waals surface area contributed by atoms with Crippen molar-refractivity contribution in [1.82, 2.24) is 5.32 Å². The third-order valence-corrected chi connectivity index (χ3v) is 3.77. The van der Waals surface area contributed by atoms with Gasteiger partial charge in [-0.05, 0) is 24.1 Å². The average Bonchev–Trinajstić information content (AvgIpc) is 2.66. The van der Waals surface area contributed by atoms with Gasteiger partial charge in [-0.1, -0.05) is 28.1 Å². The van der Waals surface area contributed by atoms with E-state index in [1.807, 2.05) is 25.1 Å². The minimum absolute atomic E-state index is 0.0625. The largest absolute Gasteiger partial charge is 0.481 e. The van der Waals surface area contributed by atoms with Crippen molar-refractivity contribution in [3.63, 3.8) is 0 Å². The van der Waals surface area contributed by atoms with E-state index in [-0.39, 0.29) is 11.8 Å². The van der Waals surface area contributed by atoms with Gasteiger partial charge in [0.1, 0.15) is 0 Å². The Bertz CT molecular complexity index is 419. The van der Waals surface area contributed by atoms with Gasteiger partial charge in [-0.3, -0.25) is 4.79 Å². The number of aliphatic carboxylic acids is 1. The molecule has 0 spiro atoms. The molecule has 86 valence electrons. The summed E-state index contributed by atoms with van der Waals surface area (Å²) >= 11 is 3.51. The summed E-state index contributed by atoms with van der Waals surface area (Å²) in [5, 5.41) is 12.3. The summed E-state index contributed by atoms with van der Waals surface area (Å²) in [6.07, 6.45) is 0. The van der Waals surface area contributed by atoms with E-state index in [2.05, 4.69) is 21.2 Å². The van der Waals surface area contributed by atoms with Crippen molar-refractivity contribution in [3.8, 4) is 0 Å². The van der Waals surface area contributed by atoms with E-state index in [1.165, 1.54) is 5.56 Å². The van der Waals surface area contributed by atoms with Crippen molar-refractivity contribution < 1.29 is 9.90 Å². The van der Waals surface area contributed by atoms with Gasteiger partial charge in [0.2, 0.25) is 0 Å². The molecular weight excluding hydrogens is 270 g/mol.